The molecule has 34 heavy (non-hydrogen) atoms. The topological polar surface area (TPSA) is 74.6 Å². The molecule has 0 saturated heterocycles. The van der Waals surface area contributed by atoms with Gasteiger partial charge in [0.25, 0.3) is 0 Å². The van der Waals surface area contributed by atoms with Crippen LogP contribution in [-0.4, -0.2) is 22.3 Å². The monoisotopic (exact) mass is 451 g/mol. The second kappa shape index (κ2) is 8.44. The van der Waals surface area contributed by atoms with E-state index in [1.807, 2.05) is 59.2 Å². The second-order valence-electron chi connectivity index (χ2n) is 7.99. The van der Waals surface area contributed by atoms with Crippen LogP contribution in [0.5, 0.6) is 17.2 Å². The van der Waals surface area contributed by atoms with Crippen LogP contribution in [0.2, 0.25) is 0 Å². The summed E-state index contributed by atoms with van der Waals surface area (Å²) in [4.78, 5) is 17.7. The van der Waals surface area contributed by atoms with Crippen LogP contribution in [0.4, 0.5) is 5.69 Å². The van der Waals surface area contributed by atoms with E-state index in [-0.39, 0.29) is 25.9 Å². The van der Waals surface area contributed by atoms with Crippen molar-refractivity contribution in [3.05, 3.63) is 90.8 Å². The van der Waals surface area contributed by atoms with Crippen molar-refractivity contribution < 1.29 is 19.0 Å². The SMILES string of the molecule is O=C(Cn1c(COc2cccc3ccccc23)nc2ccccc21)Nc1ccc2c(c1)OCO2. The van der Waals surface area contributed by atoms with Crippen molar-refractivity contribution in [2.45, 2.75) is 13.2 Å². The van der Waals surface area contributed by atoms with Crippen LogP contribution in [0, 0.1) is 0 Å². The first kappa shape index (κ1) is 20.1. The van der Waals surface area contributed by atoms with E-state index in [1.165, 1.54) is 0 Å². The fourth-order valence-corrected chi connectivity index (χ4v) is 4.19. The number of imidazole rings is 1. The lowest BCUT2D eigenvalue weighted by atomic mass is 10.1. The molecule has 7 nitrogen and oxygen atoms in total. The number of benzene rings is 4. The van der Waals surface area contributed by atoms with Gasteiger partial charge in [-0.25, -0.2) is 4.98 Å². The third kappa shape index (κ3) is 3.77. The van der Waals surface area contributed by atoms with E-state index < -0.39 is 0 Å². The normalized spacial score (nSPS) is 12.2. The zero-order valence-electron chi connectivity index (χ0n) is 18.2. The third-order valence-electron chi connectivity index (χ3n) is 5.80. The summed E-state index contributed by atoms with van der Waals surface area (Å²) < 4.78 is 18.8. The van der Waals surface area contributed by atoms with Crippen molar-refractivity contribution in [3.8, 4) is 17.2 Å². The highest BCUT2D eigenvalue weighted by atomic mass is 16.7. The summed E-state index contributed by atoms with van der Waals surface area (Å²) in [6.07, 6.45) is 0. The smallest absolute Gasteiger partial charge is 0.244 e. The highest BCUT2D eigenvalue weighted by Gasteiger charge is 2.17. The Labute approximate surface area is 195 Å². The number of amides is 1. The third-order valence-corrected chi connectivity index (χ3v) is 5.80. The molecule has 7 heteroatoms. The molecule has 6 rings (SSSR count). The van der Waals surface area contributed by atoms with E-state index in [0.29, 0.717) is 23.0 Å². The molecule has 0 unspecified atom stereocenters. The number of fused-ring (bicyclic) bond motifs is 3. The van der Waals surface area contributed by atoms with Crippen molar-refractivity contribution in [3.63, 3.8) is 0 Å². The molecular weight excluding hydrogens is 430 g/mol. The van der Waals surface area contributed by atoms with Gasteiger partial charge in [-0.3, -0.25) is 4.79 Å². The Hall–Kier alpha value is -4.52. The molecular formula is C27H21N3O4. The maximum Gasteiger partial charge on any atom is 0.244 e. The number of anilines is 1. The van der Waals surface area contributed by atoms with E-state index in [2.05, 4.69) is 17.4 Å². The fourth-order valence-electron chi connectivity index (χ4n) is 4.19. The fraction of sp³-hybridized carbons (Fsp3) is 0.111. The molecule has 0 spiro atoms. The summed E-state index contributed by atoms with van der Waals surface area (Å²) in [6, 6.07) is 27.2. The lowest BCUT2D eigenvalue weighted by molar-refractivity contribution is -0.116. The Kier molecular flexibility index (Phi) is 4.99. The van der Waals surface area contributed by atoms with E-state index in [4.69, 9.17) is 19.2 Å². The number of ether oxygens (including phenoxy) is 3. The van der Waals surface area contributed by atoms with Crippen molar-refractivity contribution in [2.75, 3.05) is 12.1 Å². The first-order chi connectivity index (χ1) is 16.7. The molecule has 1 N–H and O–H groups in total. The van der Waals surface area contributed by atoms with Gasteiger partial charge in [-0.05, 0) is 35.7 Å². The van der Waals surface area contributed by atoms with Gasteiger partial charge in [-0.2, -0.15) is 0 Å². The molecule has 1 aromatic heterocycles. The summed E-state index contributed by atoms with van der Waals surface area (Å²) in [6.45, 7) is 0.525. The molecule has 1 aliphatic heterocycles. The van der Waals surface area contributed by atoms with Gasteiger partial charge in [0, 0.05) is 17.1 Å². The summed E-state index contributed by atoms with van der Waals surface area (Å²) in [7, 11) is 0. The first-order valence-corrected chi connectivity index (χ1v) is 11.0. The summed E-state index contributed by atoms with van der Waals surface area (Å²) in [5.74, 6) is 2.58. The predicted octanol–water partition coefficient (Wildman–Crippen LogP) is 5.14. The van der Waals surface area contributed by atoms with Crippen molar-refractivity contribution in [1.82, 2.24) is 9.55 Å². The number of carbonyl (C=O) groups is 1. The number of rotatable bonds is 6. The van der Waals surface area contributed by atoms with Crippen LogP contribution in [0.3, 0.4) is 0 Å². The zero-order chi connectivity index (χ0) is 22.9. The predicted molar refractivity (Wildman–Crippen MR) is 129 cm³/mol. The average molecular weight is 451 g/mol. The van der Waals surface area contributed by atoms with Crippen LogP contribution < -0.4 is 19.5 Å². The van der Waals surface area contributed by atoms with Crippen LogP contribution in [-0.2, 0) is 17.9 Å². The molecule has 168 valence electrons. The number of hydrogen-bond acceptors (Lipinski definition) is 5. The van der Waals surface area contributed by atoms with E-state index in [9.17, 15) is 4.79 Å². The lowest BCUT2D eigenvalue weighted by Crippen LogP contribution is -2.20. The van der Waals surface area contributed by atoms with Gasteiger partial charge in [-0.15, -0.1) is 0 Å². The molecule has 0 aliphatic carbocycles. The molecule has 0 bridgehead atoms. The van der Waals surface area contributed by atoms with Crippen LogP contribution in [0.25, 0.3) is 21.8 Å². The molecule has 1 aliphatic rings. The summed E-state index contributed by atoms with van der Waals surface area (Å²) >= 11 is 0. The van der Waals surface area contributed by atoms with Crippen molar-refractivity contribution in [2.24, 2.45) is 0 Å². The zero-order valence-corrected chi connectivity index (χ0v) is 18.2. The van der Waals surface area contributed by atoms with Crippen molar-refractivity contribution >= 4 is 33.4 Å². The van der Waals surface area contributed by atoms with Gasteiger partial charge in [0.1, 0.15) is 24.7 Å². The van der Waals surface area contributed by atoms with Gasteiger partial charge in [-0.1, -0.05) is 48.5 Å². The molecule has 1 amide bonds. The first-order valence-electron chi connectivity index (χ1n) is 11.0. The van der Waals surface area contributed by atoms with Gasteiger partial charge in [0.05, 0.1) is 11.0 Å². The molecule has 5 aromatic rings. The maximum atomic E-state index is 13.0. The highest BCUT2D eigenvalue weighted by Crippen LogP contribution is 2.34. The largest absolute Gasteiger partial charge is 0.485 e. The highest BCUT2D eigenvalue weighted by molar-refractivity contribution is 5.92. The Balaban J connectivity index is 1.26. The standard InChI is InChI=1S/C27H21N3O4/c31-27(28-19-12-13-24-25(14-19)34-17-33-24)15-30-22-10-4-3-9-21(22)29-26(30)16-32-23-11-5-7-18-6-1-2-8-20(18)23/h1-14H,15-17H2,(H,28,31). The summed E-state index contributed by atoms with van der Waals surface area (Å²) in [5.41, 5.74) is 2.34. The molecule has 0 saturated carbocycles. The number of para-hydroxylation sites is 2. The van der Waals surface area contributed by atoms with Gasteiger partial charge < -0.3 is 24.1 Å². The van der Waals surface area contributed by atoms with Crippen LogP contribution >= 0.6 is 0 Å². The van der Waals surface area contributed by atoms with Gasteiger partial charge in [0.15, 0.2) is 11.5 Å². The minimum absolute atomic E-state index is 0.100. The minimum atomic E-state index is -0.173. The van der Waals surface area contributed by atoms with Crippen LogP contribution in [0.1, 0.15) is 5.82 Å². The van der Waals surface area contributed by atoms with E-state index in [0.717, 1.165) is 27.6 Å². The second-order valence-corrected chi connectivity index (χ2v) is 7.99. The number of nitrogens with zero attached hydrogens (tertiary/aromatic N) is 2. The van der Waals surface area contributed by atoms with Gasteiger partial charge >= 0.3 is 0 Å². The average Bonchev–Trinajstić information content (AvgIpc) is 3.47. The maximum absolute atomic E-state index is 13.0. The Morgan fingerprint density at radius 3 is 2.74 bits per heavy atom. The van der Waals surface area contributed by atoms with Gasteiger partial charge in [0.2, 0.25) is 12.7 Å². The number of nitrogens with one attached hydrogen (secondary N) is 1. The van der Waals surface area contributed by atoms with Crippen molar-refractivity contribution in [1.29, 1.82) is 0 Å². The molecule has 0 atom stereocenters. The number of hydrogen-bond donors (Lipinski definition) is 1. The molecule has 2 heterocycles. The Bertz CT molecular complexity index is 1520. The number of carbonyl (C=O) groups excluding carboxylic acids is 1. The lowest BCUT2D eigenvalue weighted by Gasteiger charge is -2.12. The minimum Gasteiger partial charge on any atom is -0.485 e. The van der Waals surface area contributed by atoms with E-state index >= 15 is 0 Å². The van der Waals surface area contributed by atoms with E-state index in [1.54, 1.807) is 18.2 Å². The quantitative estimate of drug-likeness (QED) is 0.387. The molecule has 0 radical (unpaired) electrons. The molecule has 0 fully saturated rings. The van der Waals surface area contributed by atoms with Crippen LogP contribution in [0.15, 0.2) is 84.9 Å². The summed E-state index contributed by atoms with van der Waals surface area (Å²) in [5, 5.41) is 5.08. The Morgan fingerprint density at radius 1 is 0.941 bits per heavy atom. The Morgan fingerprint density at radius 2 is 1.76 bits per heavy atom. The number of aromatic nitrogens is 2. The molecule has 4 aromatic carbocycles.